The van der Waals surface area contributed by atoms with Gasteiger partial charge in [-0.2, -0.15) is 0 Å². The summed E-state index contributed by atoms with van der Waals surface area (Å²) >= 11 is 0. The Labute approximate surface area is 124 Å². The summed E-state index contributed by atoms with van der Waals surface area (Å²) in [7, 11) is 0. The molecular weight excluding hydrogens is 270 g/mol. The third-order valence-electron chi connectivity index (χ3n) is 2.61. The van der Waals surface area contributed by atoms with Gasteiger partial charge in [0.15, 0.2) is 0 Å². The summed E-state index contributed by atoms with van der Waals surface area (Å²) in [4.78, 5) is 22.7. The number of benzene rings is 1. The molecule has 1 N–H and O–H groups in total. The molecule has 0 saturated heterocycles. The molecule has 1 rings (SSSR count). The van der Waals surface area contributed by atoms with Crippen LogP contribution in [-0.2, 0) is 20.9 Å². The average molecular weight is 291 g/mol. The minimum atomic E-state index is -0.476. The molecular formula is C16H21NO4. The molecule has 0 bridgehead atoms. The Hall–Kier alpha value is -2.30. The van der Waals surface area contributed by atoms with Crippen LogP contribution >= 0.6 is 0 Å². The molecule has 0 saturated carbocycles. The summed E-state index contributed by atoms with van der Waals surface area (Å²) in [6.45, 7) is 4.17. The van der Waals surface area contributed by atoms with Crippen LogP contribution in [0.1, 0.15) is 25.8 Å². The molecule has 5 heteroatoms. The number of alkyl carbamates (subject to hydrolysis) is 1. The Morgan fingerprint density at radius 3 is 2.62 bits per heavy atom. The van der Waals surface area contributed by atoms with Crippen molar-refractivity contribution >= 4 is 12.1 Å². The van der Waals surface area contributed by atoms with E-state index in [0.717, 1.165) is 5.56 Å². The number of hydrogen-bond acceptors (Lipinski definition) is 4. The monoisotopic (exact) mass is 291 g/mol. The lowest BCUT2D eigenvalue weighted by Crippen LogP contribution is -2.32. The first-order valence-corrected chi connectivity index (χ1v) is 6.92. The lowest BCUT2D eigenvalue weighted by atomic mass is 10.2. The van der Waals surface area contributed by atoms with Crippen molar-refractivity contribution in [3.63, 3.8) is 0 Å². The smallest absolute Gasteiger partial charge is 0.407 e. The van der Waals surface area contributed by atoms with Crippen molar-refractivity contribution in [1.82, 2.24) is 5.32 Å². The molecule has 0 aliphatic carbocycles. The normalized spacial score (nSPS) is 11.9. The molecule has 0 unspecified atom stereocenters. The van der Waals surface area contributed by atoms with E-state index < -0.39 is 6.09 Å². The first kappa shape index (κ1) is 16.8. The highest BCUT2D eigenvalue weighted by atomic mass is 16.5. The van der Waals surface area contributed by atoms with Gasteiger partial charge in [-0.05, 0) is 25.8 Å². The second-order valence-electron chi connectivity index (χ2n) is 4.50. The highest BCUT2D eigenvalue weighted by Gasteiger charge is 2.07. The molecule has 0 spiro atoms. The van der Waals surface area contributed by atoms with E-state index in [-0.39, 0.29) is 18.6 Å². The van der Waals surface area contributed by atoms with Gasteiger partial charge in [0, 0.05) is 12.1 Å². The van der Waals surface area contributed by atoms with Crippen molar-refractivity contribution in [2.75, 3.05) is 6.61 Å². The quantitative estimate of drug-likeness (QED) is 0.619. The molecule has 1 atom stereocenters. The highest BCUT2D eigenvalue weighted by molar-refractivity contribution is 5.81. The zero-order chi connectivity index (χ0) is 15.5. The van der Waals surface area contributed by atoms with Crippen LogP contribution in [0.5, 0.6) is 0 Å². The second-order valence-corrected chi connectivity index (χ2v) is 4.50. The molecule has 0 heterocycles. The largest absolute Gasteiger partial charge is 0.463 e. The van der Waals surface area contributed by atoms with E-state index in [9.17, 15) is 9.59 Å². The summed E-state index contributed by atoms with van der Waals surface area (Å²) in [5.41, 5.74) is 0.933. The standard InChI is InChI=1S/C16H21NO4/c1-3-20-15(18)11-7-8-13(2)17-16(19)21-12-14-9-5-4-6-10-14/h4-7,9-11,13H,3,8,12H2,1-2H3,(H,17,19)/b11-7+/t13-/m1/s1. The second kappa shape index (κ2) is 9.58. The van der Waals surface area contributed by atoms with E-state index in [0.29, 0.717) is 13.0 Å². The summed E-state index contributed by atoms with van der Waals surface area (Å²) in [6, 6.07) is 9.33. The first-order valence-electron chi connectivity index (χ1n) is 6.92. The van der Waals surface area contributed by atoms with Crippen LogP contribution in [0, 0.1) is 0 Å². The fraction of sp³-hybridized carbons (Fsp3) is 0.375. The molecule has 1 aromatic rings. The van der Waals surface area contributed by atoms with Crippen LogP contribution in [0.25, 0.3) is 0 Å². The topological polar surface area (TPSA) is 64.6 Å². The molecule has 0 aromatic heterocycles. The van der Waals surface area contributed by atoms with Crippen molar-refractivity contribution in [1.29, 1.82) is 0 Å². The maximum absolute atomic E-state index is 11.6. The van der Waals surface area contributed by atoms with Crippen LogP contribution in [0.3, 0.4) is 0 Å². The molecule has 1 amide bonds. The summed E-state index contributed by atoms with van der Waals surface area (Å²) in [5, 5.41) is 2.69. The maximum Gasteiger partial charge on any atom is 0.407 e. The summed E-state index contributed by atoms with van der Waals surface area (Å²) in [6.07, 6.45) is 3.08. The van der Waals surface area contributed by atoms with Gasteiger partial charge in [-0.3, -0.25) is 0 Å². The Morgan fingerprint density at radius 2 is 1.95 bits per heavy atom. The molecule has 0 fully saturated rings. The van der Waals surface area contributed by atoms with Gasteiger partial charge in [-0.1, -0.05) is 36.4 Å². The van der Waals surface area contributed by atoms with Crippen molar-refractivity contribution in [2.24, 2.45) is 0 Å². The molecule has 1 aromatic carbocycles. The number of nitrogens with one attached hydrogen (secondary N) is 1. The van der Waals surface area contributed by atoms with Gasteiger partial charge in [0.25, 0.3) is 0 Å². The fourth-order valence-electron chi connectivity index (χ4n) is 1.58. The predicted octanol–water partition coefficient (Wildman–Crippen LogP) is 2.81. The van der Waals surface area contributed by atoms with Crippen LogP contribution < -0.4 is 5.32 Å². The van der Waals surface area contributed by atoms with Gasteiger partial charge in [0.05, 0.1) is 6.61 Å². The van der Waals surface area contributed by atoms with Gasteiger partial charge in [-0.25, -0.2) is 9.59 Å². The van der Waals surface area contributed by atoms with E-state index in [2.05, 4.69) is 5.32 Å². The maximum atomic E-state index is 11.6. The van der Waals surface area contributed by atoms with E-state index in [1.54, 1.807) is 13.0 Å². The summed E-state index contributed by atoms with van der Waals surface area (Å²) in [5.74, 6) is -0.378. The number of rotatable bonds is 7. The lowest BCUT2D eigenvalue weighted by Gasteiger charge is -2.12. The number of ether oxygens (including phenoxy) is 2. The predicted molar refractivity (Wildman–Crippen MR) is 79.6 cm³/mol. The van der Waals surface area contributed by atoms with Gasteiger partial charge < -0.3 is 14.8 Å². The number of carbonyl (C=O) groups excluding carboxylic acids is 2. The Kier molecular flexibility index (Phi) is 7.64. The minimum Gasteiger partial charge on any atom is -0.463 e. The SMILES string of the molecule is CCOC(=O)/C=C/C[C@@H](C)NC(=O)OCc1ccccc1. The Balaban J connectivity index is 2.23. The van der Waals surface area contributed by atoms with Crippen LogP contribution in [-0.4, -0.2) is 24.7 Å². The molecule has 114 valence electrons. The van der Waals surface area contributed by atoms with E-state index in [4.69, 9.17) is 9.47 Å². The van der Waals surface area contributed by atoms with Crippen LogP contribution in [0.4, 0.5) is 4.79 Å². The number of carbonyl (C=O) groups is 2. The van der Waals surface area contributed by atoms with Gasteiger partial charge in [0.1, 0.15) is 6.61 Å². The van der Waals surface area contributed by atoms with Crippen LogP contribution in [0.15, 0.2) is 42.5 Å². The summed E-state index contributed by atoms with van der Waals surface area (Å²) < 4.78 is 9.85. The first-order chi connectivity index (χ1) is 10.1. The zero-order valence-electron chi connectivity index (χ0n) is 12.4. The van der Waals surface area contributed by atoms with E-state index >= 15 is 0 Å². The van der Waals surface area contributed by atoms with Gasteiger partial charge in [0.2, 0.25) is 0 Å². The van der Waals surface area contributed by atoms with Crippen molar-refractivity contribution in [3.05, 3.63) is 48.0 Å². The molecule has 0 radical (unpaired) electrons. The van der Waals surface area contributed by atoms with Crippen molar-refractivity contribution in [2.45, 2.75) is 32.9 Å². The number of amides is 1. The average Bonchev–Trinajstić information content (AvgIpc) is 2.46. The van der Waals surface area contributed by atoms with Crippen molar-refractivity contribution in [3.8, 4) is 0 Å². The zero-order valence-corrected chi connectivity index (χ0v) is 12.4. The molecule has 0 aliphatic rings. The molecule has 0 aliphatic heterocycles. The van der Waals surface area contributed by atoms with Gasteiger partial charge >= 0.3 is 12.1 Å². The fourth-order valence-corrected chi connectivity index (χ4v) is 1.58. The minimum absolute atomic E-state index is 0.126. The van der Waals surface area contributed by atoms with E-state index in [1.807, 2.05) is 37.3 Å². The molecule has 21 heavy (non-hydrogen) atoms. The number of hydrogen-bond donors (Lipinski definition) is 1. The third kappa shape index (κ3) is 7.77. The highest BCUT2D eigenvalue weighted by Crippen LogP contribution is 2.01. The Morgan fingerprint density at radius 1 is 1.24 bits per heavy atom. The Bertz CT molecular complexity index is 470. The molecule has 5 nitrogen and oxygen atoms in total. The number of esters is 1. The lowest BCUT2D eigenvalue weighted by molar-refractivity contribution is -0.137. The third-order valence-corrected chi connectivity index (χ3v) is 2.61. The van der Waals surface area contributed by atoms with Crippen molar-refractivity contribution < 1.29 is 19.1 Å². The van der Waals surface area contributed by atoms with E-state index in [1.165, 1.54) is 6.08 Å². The van der Waals surface area contributed by atoms with Gasteiger partial charge in [-0.15, -0.1) is 0 Å². The van der Waals surface area contributed by atoms with Crippen LogP contribution in [0.2, 0.25) is 0 Å².